The van der Waals surface area contributed by atoms with Crippen molar-refractivity contribution >= 4 is 11.3 Å². The molecule has 3 heterocycles. The molecule has 0 spiro atoms. The first kappa shape index (κ1) is 11.6. The Balaban J connectivity index is 2.19. The fourth-order valence-corrected chi connectivity index (χ4v) is 2.06. The molecule has 0 fully saturated rings. The maximum Gasteiger partial charge on any atom is 0.200 e. The van der Waals surface area contributed by atoms with Gasteiger partial charge < -0.3 is 5.73 Å². The van der Waals surface area contributed by atoms with Gasteiger partial charge in [0.1, 0.15) is 0 Å². The molecule has 2 N–H and O–H groups in total. The molecule has 0 bridgehead atoms. The van der Waals surface area contributed by atoms with Crippen molar-refractivity contribution in [2.24, 2.45) is 0 Å². The van der Waals surface area contributed by atoms with Gasteiger partial charge in [0.25, 0.3) is 0 Å². The minimum absolute atomic E-state index is 0.595. The Morgan fingerprint density at radius 1 is 1.16 bits per heavy atom. The Bertz CT molecular complexity index is 725. The van der Waals surface area contributed by atoms with E-state index >= 15 is 0 Å². The van der Waals surface area contributed by atoms with Gasteiger partial charge in [0, 0.05) is 0 Å². The summed E-state index contributed by atoms with van der Waals surface area (Å²) in [4.78, 5) is 0. The van der Waals surface area contributed by atoms with E-state index < -0.39 is 0 Å². The summed E-state index contributed by atoms with van der Waals surface area (Å²) in [5.41, 5.74) is 9.27. The van der Waals surface area contributed by atoms with Crippen molar-refractivity contribution < 1.29 is 0 Å². The molecule has 3 aromatic heterocycles. The van der Waals surface area contributed by atoms with E-state index in [4.69, 9.17) is 5.73 Å². The van der Waals surface area contributed by atoms with Gasteiger partial charge in [0.2, 0.25) is 0 Å². The minimum Gasteiger partial charge on any atom is -0.396 e. The molecular formula is C11H14N8. The summed E-state index contributed by atoms with van der Waals surface area (Å²) in [6, 6.07) is 3.63. The van der Waals surface area contributed by atoms with Crippen molar-refractivity contribution in [1.29, 1.82) is 0 Å². The maximum absolute atomic E-state index is 6.10. The fraction of sp³-hybridized carbons (Fsp3) is 0.364. The predicted molar refractivity (Wildman–Crippen MR) is 68.9 cm³/mol. The molecule has 0 amide bonds. The van der Waals surface area contributed by atoms with Gasteiger partial charge in [0.15, 0.2) is 11.5 Å². The molecule has 98 valence electrons. The second-order valence-electron chi connectivity index (χ2n) is 4.14. The highest BCUT2D eigenvalue weighted by molar-refractivity contribution is 5.51. The summed E-state index contributed by atoms with van der Waals surface area (Å²) in [6.07, 6.45) is 1.58. The van der Waals surface area contributed by atoms with E-state index in [1.54, 1.807) is 10.7 Å². The van der Waals surface area contributed by atoms with E-state index in [0.717, 1.165) is 29.9 Å². The van der Waals surface area contributed by atoms with Crippen molar-refractivity contribution in [1.82, 2.24) is 35.0 Å². The number of hydrogen-bond acceptors (Lipinski definition) is 6. The summed E-state index contributed by atoms with van der Waals surface area (Å²) >= 11 is 0. The van der Waals surface area contributed by atoms with Crippen molar-refractivity contribution in [2.75, 3.05) is 5.73 Å². The molecule has 0 aliphatic heterocycles. The molecule has 0 aliphatic carbocycles. The van der Waals surface area contributed by atoms with Gasteiger partial charge in [-0.2, -0.15) is 5.10 Å². The van der Waals surface area contributed by atoms with E-state index in [1.807, 2.05) is 19.9 Å². The van der Waals surface area contributed by atoms with Crippen LogP contribution >= 0.6 is 0 Å². The van der Waals surface area contributed by atoms with Crippen LogP contribution in [0.5, 0.6) is 0 Å². The third-order valence-electron chi connectivity index (χ3n) is 3.04. The third kappa shape index (κ3) is 1.72. The Hall–Kier alpha value is -2.51. The Kier molecular flexibility index (Phi) is 2.62. The van der Waals surface area contributed by atoms with Gasteiger partial charge in [-0.1, -0.05) is 13.8 Å². The van der Waals surface area contributed by atoms with Crippen LogP contribution in [0.1, 0.15) is 25.2 Å². The average molecular weight is 258 g/mol. The van der Waals surface area contributed by atoms with Gasteiger partial charge in [-0.15, -0.1) is 14.8 Å². The highest BCUT2D eigenvalue weighted by Crippen LogP contribution is 2.21. The third-order valence-corrected chi connectivity index (χ3v) is 3.04. The number of aromatic nitrogens is 7. The van der Waals surface area contributed by atoms with Crippen molar-refractivity contribution in [3.63, 3.8) is 0 Å². The topological polar surface area (TPSA) is 99.8 Å². The van der Waals surface area contributed by atoms with Crippen LogP contribution in [0, 0.1) is 0 Å². The lowest BCUT2D eigenvalue weighted by Gasteiger charge is -2.04. The standard InChI is InChI=1S/C11H14N8/c1-3-7-11(12)8(4-2)18(14-7)10-6-5-9-13-16-17-19(9)15-10/h5-6H,3-4,12H2,1-2H3. The van der Waals surface area contributed by atoms with Crippen LogP contribution in [0.15, 0.2) is 12.1 Å². The summed E-state index contributed by atoms with van der Waals surface area (Å²) < 4.78 is 3.13. The molecular weight excluding hydrogens is 244 g/mol. The SMILES string of the molecule is CCc1nn(-c2ccc3nnnn3n2)c(CC)c1N. The monoisotopic (exact) mass is 258 g/mol. The van der Waals surface area contributed by atoms with Crippen molar-refractivity contribution in [3.8, 4) is 5.82 Å². The van der Waals surface area contributed by atoms with E-state index in [1.165, 1.54) is 4.63 Å². The Morgan fingerprint density at radius 2 is 2.00 bits per heavy atom. The highest BCUT2D eigenvalue weighted by atomic mass is 15.6. The fourth-order valence-electron chi connectivity index (χ4n) is 2.06. The van der Waals surface area contributed by atoms with Gasteiger partial charge in [-0.25, -0.2) is 4.68 Å². The van der Waals surface area contributed by atoms with E-state index in [2.05, 4.69) is 25.7 Å². The second-order valence-corrected chi connectivity index (χ2v) is 4.14. The van der Waals surface area contributed by atoms with E-state index in [9.17, 15) is 0 Å². The first-order valence-corrected chi connectivity index (χ1v) is 6.16. The Morgan fingerprint density at radius 3 is 2.74 bits per heavy atom. The number of fused-ring (bicyclic) bond motifs is 1. The predicted octanol–water partition coefficient (Wildman–Crippen LogP) is 0.412. The average Bonchev–Trinajstić information content (AvgIpc) is 3.01. The lowest BCUT2D eigenvalue weighted by atomic mass is 10.2. The zero-order chi connectivity index (χ0) is 13.4. The summed E-state index contributed by atoms with van der Waals surface area (Å²) in [5, 5.41) is 20.0. The van der Waals surface area contributed by atoms with Gasteiger partial charge in [-0.3, -0.25) is 0 Å². The van der Waals surface area contributed by atoms with E-state index in [0.29, 0.717) is 11.5 Å². The summed E-state index contributed by atoms with van der Waals surface area (Å²) in [6.45, 7) is 4.07. The molecule has 0 unspecified atom stereocenters. The number of nitrogens with two attached hydrogens (primary N) is 1. The van der Waals surface area contributed by atoms with Crippen LogP contribution in [-0.4, -0.2) is 35.0 Å². The molecule has 19 heavy (non-hydrogen) atoms. The largest absolute Gasteiger partial charge is 0.396 e. The van der Waals surface area contributed by atoms with Crippen LogP contribution in [0.2, 0.25) is 0 Å². The first-order valence-electron chi connectivity index (χ1n) is 6.16. The molecule has 0 atom stereocenters. The zero-order valence-corrected chi connectivity index (χ0v) is 10.8. The van der Waals surface area contributed by atoms with Crippen LogP contribution in [-0.2, 0) is 12.8 Å². The van der Waals surface area contributed by atoms with Gasteiger partial charge in [0.05, 0.1) is 17.1 Å². The lowest BCUT2D eigenvalue weighted by molar-refractivity contribution is 0.687. The molecule has 8 nitrogen and oxygen atoms in total. The maximum atomic E-state index is 6.10. The highest BCUT2D eigenvalue weighted by Gasteiger charge is 2.15. The number of nitrogen functional groups attached to an aromatic ring is 1. The number of aryl methyl sites for hydroxylation is 1. The molecule has 8 heteroatoms. The van der Waals surface area contributed by atoms with Crippen molar-refractivity contribution in [3.05, 3.63) is 23.5 Å². The molecule has 3 aromatic rings. The number of rotatable bonds is 3. The number of hydrogen-bond donors (Lipinski definition) is 1. The van der Waals surface area contributed by atoms with Crippen molar-refractivity contribution in [2.45, 2.75) is 26.7 Å². The smallest absolute Gasteiger partial charge is 0.200 e. The molecule has 0 aliphatic rings. The lowest BCUT2D eigenvalue weighted by Crippen LogP contribution is -2.08. The number of nitrogens with zero attached hydrogens (tertiary/aromatic N) is 7. The molecule has 3 rings (SSSR count). The minimum atomic E-state index is 0.595. The molecule has 0 radical (unpaired) electrons. The molecule has 0 aromatic carbocycles. The molecule has 0 saturated heterocycles. The quantitative estimate of drug-likeness (QED) is 0.730. The van der Waals surface area contributed by atoms with Crippen LogP contribution in [0.25, 0.3) is 11.5 Å². The van der Waals surface area contributed by atoms with Gasteiger partial charge >= 0.3 is 0 Å². The van der Waals surface area contributed by atoms with Crippen LogP contribution < -0.4 is 5.73 Å². The van der Waals surface area contributed by atoms with E-state index in [-0.39, 0.29) is 0 Å². The Labute approximate surface area is 109 Å². The number of anilines is 1. The second kappa shape index (κ2) is 4.30. The van der Waals surface area contributed by atoms with Crippen LogP contribution in [0.4, 0.5) is 5.69 Å². The summed E-state index contributed by atoms with van der Waals surface area (Å²) in [5.74, 6) is 0.656. The zero-order valence-electron chi connectivity index (χ0n) is 10.8. The summed E-state index contributed by atoms with van der Waals surface area (Å²) in [7, 11) is 0. The van der Waals surface area contributed by atoms with Gasteiger partial charge in [-0.05, 0) is 35.4 Å². The number of tetrazole rings is 1. The van der Waals surface area contributed by atoms with Crippen LogP contribution in [0.3, 0.4) is 0 Å². The molecule has 0 saturated carbocycles. The first-order chi connectivity index (χ1) is 9.24. The normalized spacial score (nSPS) is 11.3.